The molecule has 3 heteroatoms. The molecule has 25 heavy (non-hydrogen) atoms. The minimum atomic E-state index is 0.138. The van der Waals surface area contributed by atoms with E-state index >= 15 is 0 Å². The summed E-state index contributed by atoms with van der Waals surface area (Å²) in [6, 6.07) is 21.4. The predicted molar refractivity (Wildman–Crippen MR) is 109 cm³/mol. The zero-order valence-electron chi connectivity index (χ0n) is 14.4. The molecule has 2 nitrogen and oxygen atoms in total. The van der Waals surface area contributed by atoms with E-state index in [4.69, 9.17) is 4.99 Å². The van der Waals surface area contributed by atoms with Crippen LogP contribution in [0.2, 0.25) is 0 Å². The van der Waals surface area contributed by atoms with E-state index in [-0.39, 0.29) is 6.04 Å². The molecule has 1 heterocycles. The van der Waals surface area contributed by atoms with Crippen LogP contribution in [0, 0.1) is 0 Å². The lowest BCUT2D eigenvalue weighted by atomic mass is 9.84. The molecule has 2 aromatic rings. The van der Waals surface area contributed by atoms with Gasteiger partial charge in [0, 0.05) is 5.70 Å². The fourth-order valence-electron chi connectivity index (χ4n) is 3.60. The normalized spacial score (nSPS) is 21.6. The molecule has 0 spiro atoms. The van der Waals surface area contributed by atoms with Crippen molar-refractivity contribution in [1.29, 1.82) is 0 Å². The van der Waals surface area contributed by atoms with Gasteiger partial charge >= 0.3 is 0 Å². The number of thioether (sulfide) groups is 1. The molecule has 0 aromatic heterocycles. The molecule has 0 fully saturated rings. The molecule has 0 unspecified atom stereocenters. The third-order valence-electron chi connectivity index (χ3n) is 4.79. The van der Waals surface area contributed by atoms with Gasteiger partial charge in [-0.1, -0.05) is 72.4 Å². The van der Waals surface area contributed by atoms with E-state index in [0.29, 0.717) is 0 Å². The first kappa shape index (κ1) is 16.2. The van der Waals surface area contributed by atoms with E-state index in [0.717, 1.165) is 18.0 Å². The van der Waals surface area contributed by atoms with Crippen molar-refractivity contribution in [3.8, 4) is 0 Å². The molecule has 4 rings (SSSR count). The number of benzene rings is 2. The van der Waals surface area contributed by atoms with Gasteiger partial charge in [0.15, 0.2) is 5.17 Å². The number of aliphatic imine (C=N–C) groups is 1. The van der Waals surface area contributed by atoms with Crippen molar-refractivity contribution < 1.29 is 0 Å². The molecule has 1 aliphatic heterocycles. The molecule has 1 aliphatic carbocycles. The highest BCUT2D eigenvalue weighted by Crippen LogP contribution is 2.41. The fourth-order valence-corrected chi connectivity index (χ4v) is 4.02. The minimum absolute atomic E-state index is 0.138. The Hall–Kier alpha value is -2.26. The molecule has 126 valence electrons. The van der Waals surface area contributed by atoms with Crippen molar-refractivity contribution in [3.63, 3.8) is 0 Å². The monoisotopic (exact) mass is 346 g/mol. The van der Waals surface area contributed by atoms with Crippen LogP contribution in [-0.4, -0.2) is 11.4 Å². The van der Waals surface area contributed by atoms with E-state index in [1.807, 2.05) is 0 Å². The Morgan fingerprint density at radius 3 is 2.44 bits per heavy atom. The predicted octanol–water partition coefficient (Wildman–Crippen LogP) is 5.57. The molecule has 0 saturated carbocycles. The van der Waals surface area contributed by atoms with Crippen molar-refractivity contribution in [2.45, 2.75) is 25.3 Å². The van der Waals surface area contributed by atoms with E-state index in [1.165, 1.54) is 34.4 Å². The maximum absolute atomic E-state index is 4.98. The summed E-state index contributed by atoms with van der Waals surface area (Å²) < 4.78 is 0. The Bertz CT molecular complexity index is 835. The first-order valence-corrected chi connectivity index (χ1v) is 10.0. The standard InChI is InChI=1S/C22H22N2S/c1-25-22-23-20(17-11-6-3-7-12-17)19-14-8-13-18(21(19)24-22)15-16-9-4-2-5-10-16/h2-7,9-12,15,20H,8,13-14H2,1H3,(H,23,24)/b18-15+/t20-/m1/s1. The topological polar surface area (TPSA) is 24.4 Å². The number of hydrogen-bond acceptors (Lipinski definition) is 3. The second kappa shape index (κ2) is 7.32. The Kier molecular flexibility index (Phi) is 4.75. The van der Waals surface area contributed by atoms with Crippen LogP contribution in [0.5, 0.6) is 0 Å². The van der Waals surface area contributed by atoms with Crippen LogP contribution in [0.4, 0.5) is 0 Å². The number of nitrogens with zero attached hydrogens (tertiary/aromatic N) is 1. The SMILES string of the molecule is CSC1=N[C@H](c2ccccc2)C2=C(N1)/C(=C/c1ccccc1)CCC2. The van der Waals surface area contributed by atoms with Gasteiger partial charge in [-0.15, -0.1) is 0 Å². The second-order valence-corrected chi connectivity index (χ2v) is 7.21. The molecular formula is C22H22N2S. The number of hydrogen-bond donors (Lipinski definition) is 1. The van der Waals surface area contributed by atoms with Crippen LogP contribution in [0.15, 0.2) is 82.5 Å². The molecule has 0 radical (unpaired) electrons. The van der Waals surface area contributed by atoms with E-state index < -0.39 is 0 Å². The van der Waals surface area contributed by atoms with E-state index in [2.05, 4.69) is 78.3 Å². The van der Waals surface area contributed by atoms with Crippen LogP contribution in [-0.2, 0) is 0 Å². The van der Waals surface area contributed by atoms with Gasteiger partial charge in [-0.25, -0.2) is 4.99 Å². The van der Waals surface area contributed by atoms with Crippen molar-refractivity contribution in [1.82, 2.24) is 5.32 Å². The highest BCUT2D eigenvalue weighted by atomic mass is 32.2. The summed E-state index contributed by atoms with van der Waals surface area (Å²) in [6.07, 6.45) is 7.82. The maximum Gasteiger partial charge on any atom is 0.161 e. The van der Waals surface area contributed by atoms with E-state index in [9.17, 15) is 0 Å². The molecule has 0 amide bonds. The smallest absolute Gasteiger partial charge is 0.161 e. The Morgan fingerprint density at radius 2 is 1.72 bits per heavy atom. The zero-order chi connectivity index (χ0) is 17.1. The molecule has 0 bridgehead atoms. The Balaban J connectivity index is 1.78. The molecule has 1 N–H and O–H groups in total. The summed E-state index contributed by atoms with van der Waals surface area (Å²) in [6.45, 7) is 0. The third kappa shape index (κ3) is 3.42. The van der Waals surface area contributed by atoms with Gasteiger partial charge < -0.3 is 5.32 Å². The molecule has 2 aromatic carbocycles. The lowest BCUT2D eigenvalue weighted by Crippen LogP contribution is -2.30. The van der Waals surface area contributed by atoms with Gasteiger partial charge in [-0.2, -0.15) is 0 Å². The summed E-state index contributed by atoms with van der Waals surface area (Å²) in [5.74, 6) is 0. The Labute approximate surface area is 153 Å². The number of amidine groups is 1. The highest BCUT2D eigenvalue weighted by Gasteiger charge is 2.29. The highest BCUT2D eigenvalue weighted by molar-refractivity contribution is 8.13. The minimum Gasteiger partial charge on any atom is -0.335 e. The van der Waals surface area contributed by atoms with Gasteiger partial charge in [-0.05, 0) is 53.9 Å². The fraction of sp³-hybridized carbons (Fsp3) is 0.227. The first-order valence-electron chi connectivity index (χ1n) is 8.78. The second-order valence-electron chi connectivity index (χ2n) is 6.41. The van der Waals surface area contributed by atoms with Crippen LogP contribution in [0.3, 0.4) is 0 Å². The molecule has 2 aliphatic rings. The average molecular weight is 346 g/mol. The Morgan fingerprint density at radius 1 is 1.00 bits per heavy atom. The van der Waals surface area contributed by atoms with Gasteiger partial charge in [-0.3, -0.25) is 0 Å². The average Bonchev–Trinajstić information content (AvgIpc) is 2.69. The number of nitrogens with one attached hydrogen (secondary N) is 1. The van der Waals surface area contributed by atoms with Gasteiger partial charge in [0.05, 0.1) is 0 Å². The summed E-state index contributed by atoms with van der Waals surface area (Å²) in [5, 5.41) is 4.61. The summed E-state index contributed by atoms with van der Waals surface area (Å²) >= 11 is 1.69. The summed E-state index contributed by atoms with van der Waals surface area (Å²) in [5.41, 5.74) is 6.66. The summed E-state index contributed by atoms with van der Waals surface area (Å²) in [7, 11) is 0. The first-order chi connectivity index (χ1) is 12.3. The largest absolute Gasteiger partial charge is 0.335 e. The van der Waals surface area contributed by atoms with Crippen molar-refractivity contribution in [3.05, 3.63) is 88.6 Å². The van der Waals surface area contributed by atoms with Crippen LogP contribution in [0.25, 0.3) is 6.08 Å². The lowest BCUT2D eigenvalue weighted by Gasteiger charge is -2.32. The lowest BCUT2D eigenvalue weighted by molar-refractivity contribution is 0.660. The molecule has 1 atom stereocenters. The molecular weight excluding hydrogens is 324 g/mol. The van der Waals surface area contributed by atoms with Crippen molar-refractivity contribution in [2.24, 2.45) is 4.99 Å². The van der Waals surface area contributed by atoms with Gasteiger partial charge in [0.25, 0.3) is 0 Å². The van der Waals surface area contributed by atoms with Crippen LogP contribution < -0.4 is 5.32 Å². The van der Waals surface area contributed by atoms with Crippen molar-refractivity contribution >= 4 is 23.0 Å². The number of allylic oxidation sites excluding steroid dienone is 1. The third-order valence-corrected chi connectivity index (χ3v) is 5.39. The maximum atomic E-state index is 4.98. The van der Waals surface area contributed by atoms with Crippen LogP contribution >= 0.6 is 11.8 Å². The zero-order valence-corrected chi connectivity index (χ0v) is 15.2. The number of rotatable bonds is 2. The van der Waals surface area contributed by atoms with Crippen LogP contribution in [0.1, 0.15) is 36.4 Å². The van der Waals surface area contributed by atoms with E-state index in [1.54, 1.807) is 11.8 Å². The van der Waals surface area contributed by atoms with Crippen molar-refractivity contribution in [2.75, 3.05) is 6.26 Å². The molecule has 0 saturated heterocycles. The van der Waals surface area contributed by atoms with Gasteiger partial charge in [0.2, 0.25) is 0 Å². The summed E-state index contributed by atoms with van der Waals surface area (Å²) in [4.78, 5) is 4.98. The quantitative estimate of drug-likeness (QED) is 0.768. The van der Waals surface area contributed by atoms with Gasteiger partial charge in [0.1, 0.15) is 6.04 Å².